The highest BCUT2D eigenvalue weighted by molar-refractivity contribution is 14.0. The second-order valence-corrected chi connectivity index (χ2v) is 7.34. The van der Waals surface area contributed by atoms with Crippen LogP contribution in [-0.2, 0) is 18.3 Å². The first-order valence-electron chi connectivity index (χ1n) is 8.91. The van der Waals surface area contributed by atoms with Gasteiger partial charge in [-0.05, 0) is 33.6 Å². The standard InChI is InChI=1S/C17H33N7O2.HI/c1-8-18-15(20-10-14-21-12-22-24(14)7)19-9-13(2)11-23(6)16(25)26-17(3,4)5;/h12-13H,8-11H2,1-7H3,(H2,18,19,20);1H. The highest BCUT2D eigenvalue weighted by Gasteiger charge is 2.20. The first-order valence-corrected chi connectivity index (χ1v) is 8.91. The molecule has 1 amide bonds. The third-order valence-electron chi connectivity index (χ3n) is 3.44. The molecule has 0 aliphatic carbocycles. The maximum Gasteiger partial charge on any atom is 0.410 e. The number of carbonyl (C=O) groups excluding carboxylic acids is 1. The van der Waals surface area contributed by atoms with Gasteiger partial charge in [-0.25, -0.2) is 14.8 Å². The summed E-state index contributed by atoms with van der Waals surface area (Å²) in [5, 5.41) is 10.5. The Labute approximate surface area is 179 Å². The minimum atomic E-state index is -0.489. The zero-order chi connectivity index (χ0) is 19.7. The minimum absolute atomic E-state index is 0. The molecule has 0 spiro atoms. The molecule has 0 saturated carbocycles. The van der Waals surface area contributed by atoms with Gasteiger partial charge in [0.1, 0.15) is 24.3 Å². The number of aliphatic imine (C=N–C) groups is 1. The third kappa shape index (κ3) is 10.4. The summed E-state index contributed by atoms with van der Waals surface area (Å²) in [4.78, 5) is 22.3. The lowest BCUT2D eigenvalue weighted by atomic mass is 10.1. The van der Waals surface area contributed by atoms with Crippen LogP contribution >= 0.6 is 24.0 Å². The van der Waals surface area contributed by atoms with Crippen molar-refractivity contribution < 1.29 is 9.53 Å². The van der Waals surface area contributed by atoms with Crippen LogP contribution in [0.25, 0.3) is 0 Å². The Morgan fingerprint density at radius 2 is 2.07 bits per heavy atom. The summed E-state index contributed by atoms with van der Waals surface area (Å²) < 4.78 is 7.07. The van der Waals surface area contributed by atoms with Crippen molar-refractivity contribution in [3.05, 3.63) is 12.2 Å². The number of aromatic nitrogens is 3. The van der Waals surface area contributed by atoms with Gasteiger partial charge in [0.15, 0.2) is 5.96 Å². The topological polar surface area (TPSA) is 96.7 Å². The second-order valence-electron chi connectivity index (χ2n) is 7.34. The Balaban J connectivity index is 0.00000676. The SMILES string of the molecule is CCNC(=NCc1ncnn1C)NCC(C)CN(C)C(=O)OC(C)(C)C.I. The van der Waals surface area contributed by atoms with Crippen LogP contribution in [0, 0.1) is 5.92 Å². The largest absolute Gasteiger partial charge is 0.444 e. The molecule has 9 nitrogen and oxygen atoms in total. The van der Waals surface area contributed by atoms with Gasteiger partial charge in [0, 0.05) is 33.7 Å². The molecule has 0 saturated heterocycles. The summed E-state index contributed by atoms with van der Waals surface area (Å²) >= 11 is 0. The van der Waals surface area contributed by atoms with E-state index in [1.807, 2.05) is 34.7 Å². The van der Waals surface area contributed by atoms with Crippen molar-refractivity contribution in [1.82, 2.24) is 30.3 Å². The van der Waals surface area contributed by atoms with Crippen molar-refractivity contribution in [3.63, 3.8) is 0 Å². The van der Waals surface area contributed by atoms with Crippen LogP contribution in [0.5, 0.6) is 0 Å². The number of carbonyl (C=O) groups is 1. The lowest BCUT2D eigenvalue weighted by molar-refractivity contribution is 0.0278. The van der Waals surface area contributed by atoms with E-state index in [9.17, 15) is 4.79 Å². The molecule has 0 bridgehead atoms. The number of ether oxygens (including phenoxy) is 1. The van der Waals surface area contributed by atoms with Crippen LogP contribution in [-0.4, -0.2) is 64.0 Å². The maximum atomic E-state index is 12.0. The number of guanidine groups is 1. The Hall–Kier alpha value is -1.59. The number of hydrogen-bond donors (Lipinski definition) is 2. The number of nitrogens with one attached hydrogen (secondary N) is 2. The average Bonchev–Trinajstić information content (AvgIpc) is 2.93. The molecule has 1 atom stereocenters. The van der Waals surface area contributed by atoms with Gasteiger partial charge in [0.2, 0.25) is 0 Å². The maximum absolute atomic E-state index is 12.0. The monoisotopic (exact) mass is 495 g/mol. The number of nitrogens with zero attached hydrogens (tertiary/aromatic N) is 5. The van der Waals surface area contributed by atoms with Gasteiger partial charge >= 0.3 is 6.09 Å². The molecule has 2 N–H and O–H groups in total. The number of rotatable bonds is 7. The predicted octanol–water partition coefficient (Wildman–Crippen LogP) is 1.99. The van der Waals surface area contributed by atoms with Crippen LogP contribution in [0.3, 0.4) is 0 Å². The summed E-state index contributed by atoms with van der Waals surface area (Å²) in [5.41, 5.74) is -0.489. The molecule has 0 fully saturated rings. The first-order chi connectivity index (χ1) is 12.1. The van der Waals surface area contributed by atoms with Crippen LogP contribution < -0.4 is 10.6 Å². The molecule has 10 heteroatoms. The van der Waals surface area contributed by atoms with E-state index in [0.717, 1.165) is 12.4 Å². The van der Waals surface area contributed by atoms with E-state index < -0.39 is 5.60 Å². The molecule has 156 valence electrons. The van der Waals surface area contributed by atoms with Gasteiger partial charge in [-0.3, -0.25) is 4.68 Å². The average molecular weight is 495 g/mol. The second kappa shape index (κ2) is 12.0. The molecule has 1 aromatic rings. The Bertz CT molecular complexity index is 598. The van der Waals surface area contributed by atoms with E-state index >= 15 is 0 Å². The fourth-order valence-electron chi connectivity index (χ4n) is 2.17. The summed E-state index contributed by atoms with van der Waals surface area (Å²) in [6.07, 6.45) is 1.20. The molecule has 1 aromatic heterocycles. The van der Waals surface area contributed by atoms with E-state index in [1.165, 1.54) is 6.33 Å². The summed E-state index contributed by atoms with van der Waals surface area (Å²) in [6.45, 7) is 12.1. The molecule has 0 aliphatic rings. The van der Waals surface area contributed by atoms with E-state index in [-0.39, 0.29) is 36.0 Å². The smallest absolute Gasteiger partial charge is 0.410 e. The molecule has 0 aliphatic heterocycles. The van der Waals surface area contributed by atoms with Gasteiger partial charge < -0.3 is 20.3 Å². The molecule has 0 aromatic carbocycles. The van der Waals surface area contributed by atoms with Gasteiger partial charge in [-0.1, -0.05) is 6.92 Å². The molecule has 1 heterocycles. The Morgan fingerprint density at radius 3 is 2.59 bits per heavy atom. The summed E-state index contributed by atoms with van der Waals surface area (Å²) in [5.74, 6) is 1.73. The fraction of sp³-hybridized carbons (Fsp3) is 0.765. The number of hydrogen-bond acceptors (Lipinski definition) is 5. The van der Waals surface area contributed by atoms with Crippen molar-refractivity contribution in [2.45, 2.75) is 46.8 Å². The molecular weight excluding hydrogens is 461 g/mol. The lowest BCUT2D eigenvalue weighted by Crippen LogP contribution is -2.42. The number of amides is 1. The van der Waals surface area contributed by atoms with Crippen LogP contribution in [0.1, 0.15) is 40.4 Å². The minimum Gasteiger partial charge on any atom is -0.444 e. The molecular formula is C17H34IN7O2. The summed E-state index contributed by atoms with van der Waals surface area (Å²) in [7, 11) is 3.59. The van der Waals surface area contributed by atoms with Crippen molar-refractivity contribution in [3.8, 4) is 0 Å². The van der Waals surface area contributed by atoms with E-state index in [1.54, 1.807) is 16.6 Å². The number of halogens is 1. The molecule has 0 radical (unpaired) electrons. The van der Waals surface area contributed by atoms with Crippen LogP contribution in [0.4, 0.5) is 4.79 Å². The van der Waals surface area contributed by atoms with Gasteiger partial charge in [0.05, 0.1) is 0 Å². The van der Waals surface area contributed by atoms with Crippen molar-refractivity contribution in [1.29, 1.82) is 0 Å². The van der Waals surface area contributed by atoms with E-state index in [2.05, 4.69) is 32.6 Å². The van der Waals surface area contributed by atoms with Crippen LogP contribution in [0.15, 0.2) is 11.3 Å². The zero-order valence-electron chi connectivity index (χ0n) is 17.4. The first kappa shape index (κ1) is 25.4. The highest BCUT2D eigenvalue weighted by Crippen LogP contribution is 2.10. The quantitative estimate of drug-likeness (QED) is 0.341. The summed E-state index contributed by atoms with van der Waals surface area (Å²) in [6, 6.07) is 0. The zero-order valence-corrected chi connectivity index (χ0v) is 19.8. The van der Waals surface area contributed by atoms with Crippen molar-refractivity contribution >= 4 is 36.0 Å². The molecule has 1 rings (SSSR count). The fourth-order valence-corrected chi connectivity index (χ4v) is 2.17. The number of aryl methyl sites for hydroxylation is 1. The lowest BCUT2D eigenvalue weighted by Gasteiger charge is -2.26. The molecule has 27 heavy (non-hydrogen) atoms. The Kier molecular flexibility index (Phi) is 11.3. The Morgan fingerprint density at radius 1 is 1.41 bits per heavy atom. The highest BCUT2D eigenvalue weighted by atomic mass is 127. The van der Waals surface area contributed by atoms with Crippen molar-refractivity contribution in [2.75, 3.05) is 26.7 Å². The molecule has 1 unspecified atom stereocenters. The normalized spacial score (nSPS) is 12.8. The van der Waals surface area contributed by atoms with Gasteiger partial charge in [-0.15, -0.1) is 24.0 Å². The van der Waals surface area contributed by atoms with E-state index in [0.29, 0.717) is 25.6 Å². The van der Waals surface area contributed by atoms with E-state index in [4.69, 9.17) is 4.74 Å². The predicted molar refractivity (Wildman–Crippen MR) is 117 cm³/mol. The van der Waals surface area contributed by atoms with Crippen molar-refractivity contribution in [2.24, 2.45) is 18.0 Å². The van der Waals surface area contributed by atoms with Gasteiger partial charge in [0.25, 0.3) is 0 Å². The van der Waals surface area contributed by atoms with Crippen LogP contribution in [0.2, 0.25) is 0 Å². The third-order valence-corrected chi connectivity index (χ3v) is 3.44. The van der Waals surface area contributed by atoms with Gasteiger partial charge in [-0.2, -0.15) is 5.10 Å².